The van der Waals surface area contributed by atoms with Crippen molar-refractivity contribution in [3.05, 3.63) is 66.3 Å². The Labute approximate surface area is 129 Å². The quantitative estimate of drug-likeness (QED) is 0.426. The Morgan fingerprint density at radius 2 is 2.09 bits per heavy atom. The zero-order valence-corrected chi connectivity index (χ0v) is 12.1. The summed E-state index contributed by atoms with van der Waals surface area (Å²) in [7, 11) is 0. The lowest BCUT2D eigenvalue weighted by Crippen LogP contribution is -1.96. The lowest BCUT2D eigenvalue weighted by molar-refractivity contribution is 0.104. The van der Waals surface area contributed by atoms with Crippen LogP contribution in [0.1, 0.15) is 16.2 Å². The summed E-state index contributed by atoms with van der Waals surface area (Å²) >= 11 is 1.48. The van der Waals surface area contributed by atoms with Crippen LogP contribution >= 0.6 is 11.9 Å². The van der Waals surface area contributed by atoms with Gasteiger partial charge in [0.05, 0.1) is 0 Å². The van der Waals surface area contributed by atoms with Crippen LogP contribution in [0.3, 0.4) is 0 Å². The first-order valence-electron chi connectivity index (χ1n) is 6.32. The highest BCUT2D eigenvalue weighted by atomic mass is 32.2. The molecule has 22 heavy (non-hydrogen) atoms. The minimum absolute atomic E-state index is 0.0218. The summed E-state index contributed by atoms with van der Waals surface area (Å²) in [5.41, 5.74) is 0.457. The zero-order chi connectivity index (χ0) is 15.4. The number of benzene rings is 1. The van der Waals surface area contributed by atoms with Crippen molar-refractivity contribution in [3.63, 3.8) is 0 Å². The average Bonchev–Trinajstić information content (AvgIpc) is 3.19. The van der Waals surface area contributed by atoms with E-state index in [2.05, 4.69) is 20.6 Å². The molecule has 0 aliphatic carbocycles. The standard InChI is InChI=1S/C14H11N5O2S/c20-12(8-13(21)14-15-17-18-16-14)10-6-7-19(9-10)22-11-4-2-1-3-5-11/h1-9,21H,(H,15,16,17,18). The van der Waals surface area contributed by atoms with Crippen molar-refractivity contribution in [2.75, 3.05) is 0 Å². The number of allylic oxidation sites excluding steroid dienone is 1. The number of hydrogen-bond acceptors (Lipinski definition) is 6. The number of tetrazole rings is 1. The molecule has 2 aromatic heterocycles. The maximum absolute atomic E-state index is 12.1. The molecule has 3 rings (SSSR count). The van der Waals surface area contributed by atoms with Gasteiger partial charge in [-0.05, 0) is 35.4 Å². The van der Waals surface area contributed by atoms with Gasteiger partial charge in [0, 0.05) is 28.9 Å². The Bertz CT molecular complexity index is 796. The Balaban J connectivity index is 1.73. The molecular weight excluding hydrogens is 302 g/mol. The lowest BCUT2D eigenvalue weighted by Gasteiger charge is -2.00. The van der Waals surface area contributed by atoms with Crippen LogP contribution in [-0.4, -0.2) is 35.5 Å². The fourth-order valence-electron chi connectivity index (χ4n) is 1.72. The molecule has 3 aromatic rings. The van der Waals surface area contributed by atoms with E-state index in [1.165, 1.54) is 11.9 Å². The lowest BCUT2D eigenvalue weighted by atomic mass is 10.2. The molecule has 0 saturated carbocycles. The molecule has 2 N–H and O–H groups in total. The predicted octanol–water partition coefficient (Wildman–Crippen LogP) is 2.34. The van der Waals surface area contributed by atoms with Crippen molar-refractivity contribution >= 4 is 23.5 Å². The van der Waals surface area contributed by atoms with Gasteiger partial charge >= 0.3 is 0 Å². The van der Waals surface area contributed by atoms with Crippen molar-refractivity contribution < 1.29 is 9.90 Å². The SMILES string of the molecule is O=C(C=C(O)c1nn[nH]n1)c1ccn(Sc2ccccc2)c1. The maximum atomic E-state index is 12.1. The zero-order valence-electron chi connectivity index (χ0n) is 11.2. The van der Waals surface area contributed by atoms with Gasteiger partial charge in [0.25, 0.3) is 0 Å². The fraction of sp³-hybridized carbons (Fsp3) is 0. The van der Waals surface area contributed by atoms with Crippen molar-refractivity contribution in [3.8, 4) is 0 Å². The molecule has 0 atom stereocenters. The van der Waals surface area contributed by atoms with Crippen molar-refractivity contribution in [1.82, 2.24) is 24.6 Å². The van der Waals surface area contributed by atoms with Crippen LogP contribution in [0.2, 0.25) is 0 Å². The number of rotatable bonds is 5. The van der Waals surface area contributed by atoms with E-state index in [0.717, 1.165) is 11.0 Å². The third-order valence-corrected chi connectivity index (χ3v) is 3.67. The van der Waals surface area contributed by atoms with Crippen molar-refractivity contribution in [1.29, 1.82) is 0 Å². The van der Waals surface area contributed by atoms with Gasteiger partial charge in [-0.25, -0.2) is 0 Å². The smallest absolute Gasteiger partial charge is 0.239 e. The predicted molar refractivity (Wildman–Crippen MR) is 81.2 cm³/mol. The van der Waals surface area contributed by atoms with E-state index in [-0.39, 0.29) is 17.4 Å². The second-order valence-corrected chi connectivity index (χ2v) is 5.37. The van der Waals surface area contributed by atoms with E-state index in [0.29, 0.717) is 5.56 Å². The normalized spacial score (nSPS) is 11.5. The largest absolute Gasteiger partial charge is 0.504 e. The fourth-order valence-corrected chi connectivity index (χ4v) is 2.54. The number of aromatic amines is 1. The second kappa shape index (κ2) is 6.27. The van der Waals surface area contributed by atoms with Crippen LogP contribution in [0.15, 0.2) is 59.8 Å². The van der Waals surface area contributed by atoms with Crippen molar-refractivity contribution in [2.45, 2.75) is 4.90 Å². The third-order valence-electron chi connectivity index (χ3n) is 2.75. The number of ketones is 1. The molecule has 8 heteroatoms. The molecule has 0 spiro atoms. The van der Waals surface area contributed by atoms with Gasteiger partial charge in [-0.1, -0.05) is 18.2 Å². The van der Waals surface area contributed by atoms with Crippen LogP contribution < -0.4 is 0 Å². The maximum Gasteiger partial charge on any atom is 0.239 e. The second-order valence-electron chi connectivity index (χ2n) is 4.29. The molecule has 0 aliphatic heterocycles. The minimum atomic E-state index is -0.338. The number of aromatic nitrogens is 5. The Kier molecular flexibility index (Phi) is 4.01. The highest BCUT2D eigenvalue weighted by molar-refractivity contribution is 7.97. The molecule has 0 radical (unpaired) electrons. The summed E-state index contributed by atoms with van der Waals surface area (Å²) in [5, 5.41) is 22.4. The van der Waals surface area contributed by atoms with E-state index in [1.807, 2.05) is 34.3 Å². The minimum Gasteiger partial charge on any atom is -0.504 e. The molecule has 0 unspecified atom stereocenters. The molecule has 0 fully saturated rings. The molecular formula is C14H11N5O2S. The number of nitrogens with zero attached hydrogens (tertiary/aromatic N) is 4. The first-order chi connectivity index (χ1) is 10.7. The molecule has 0 aliphatic rings. The highest BCUT2D eigenvalue weighted by Crippen LogP contribution is 2.21. The summed E-state index contributed by atoms with van der Waals surface area (Å²) in [6.45, 7) is 0. The monoisotopic (exact) mass is 313 g/mol. The van der Waals surface area contributed by atoms with Crippen LogP contribution in [0.4, 0.5) is 0 Å². The number of hydrogen-bond donors (Lipinski definition) is 2. The number of aliphatic hydroxyl groups excluding tert-OH is 1. The highest BCUT2D eigenvalue weighted by Gasteiger charge is 2.10. The summed E-state index contributed by atoms with van der Waals surface area (Å²) < 4.78 is 1.82. The molecule has 0 saturated heterocycles. The van der Waals surface area contributed by atoms with Gasteiger partial charge in [-0.3, -0.25) is 8.77 Å². The molecule has 7 nitrogen and oxygen atoms in total. The summed E-state index contributed by atoms with van der Waals surface area (Å²) in [6.07, 6.45) is 4.54. The molecule has 0 amide bonds. The Hall–Kier alpha value is -2.87. The van der Waals surface area contributed by atoms with Crippen LogP contribution in [0.25, 0.3) is 5.76 Å². The van der Waals surface area contributed by atoms with Crippen LogP contribution in [-0.2, 0) is 0 Å². The van der Waals surface area contributed by atoms with E-state index in [4.69, 9.17) is 0 Å². The Morgan fingerprint density at radius 3 is 2.82 bits per heavy atom. The van der Waals surface area contributed by atoms with E-state index in [1.54, 1.807) is 18.5 Å². The molecule has 110 valence electrons. The third kappa shape index (κ3) is 3.23. The van der Waals surface area contributed by atoms with Crippen molar-refractivity contribution in [2.24, 2.45) is 0 Å². The average molecular weight is 313 g/mol. The van der Waals surface area contributed by atoms with Crippen LogP contribution in [0.5, 0.6) is 0 Å². The summed E-state index contributed by atoms with van der Waals surface area (Å²) in [5.74, 6) is -0.691. The first kappa shape index (κ1) is 14.1. The van der Waals surface area contributed by atoms with E-state index >= 15 is 0 Å². The topological polar surface area (TPSA) is 96.7 Å². The van der Waals surface area contributed by atoms with E-state index in [9.17, 15) is 9.90 Å². The molecule has 2 heterocycles. The summed E-state index contributed by atoms with van der Waals surface area (Å²) in [6, 6.07) is 11.5. The number of H-pyrrole nitrogens is 1. The van der Waals surface area contributed by atoms with Gasteiger partial charge in [-0.15, -0.1) is 10.2 Å². The number of carbonyl (C=O) groups excluding carboxylic acids is 1. The van der Waals surface area contributed by atoms with Crippen LogP contribution in [0, 0.1) is 0 Å². The van der Waals surface area contributed by atoms with E-state index < -0.39 is 0 Å². The van der Waals surface area contributed by atoms with Gasteiger partial charge in [0.2, 0.25) is 5.82 Å². The van der Waals surface area contributed by atoms with Gasteiger partial charge in [0.1, 0.15) is 0 Å². The number of nitrogens with one attached hydrogen (secondary N) is 1. The number of aliphatic hydroxyl groups is 1. The first-order valence-corrected chi connectivity index (χ1v) is 7.10. The number of carbonyl (C=O) groups is 1. The van der Waals surface area contributed by atoms with Gasteiger partial charge < -0.3 is 5.11 Å². The van der Waals surface area contributed by atoms with Gasteiger partial charge in [-0.2, -0.15) is 5.21 Å². The van der Waals surface area contributed by atoms with Gasteiger partial charge in [0.15, 0.2) is 11.5 Å². The Morgan fingerprint density at radius 1 is 1.27 bits per heavy atom. The summed E-state index contributed by atoms with van der Waals surface area (Å²) in [4.78, 5) is 13.1. The molecule has 0 bridgehead atoms. The molecule has 1 aromatic carbocycles.